The molecule has 0 amide bonds. The fourth-order valence-electron chi connectivity index (χ4n) is 2.18. The van der Waals surface area contributed by atoms with Crippen molar-refractivity contribution in [2.24, 2.45) is 0 Å². The Morgan fingerprint density at radius 3 is 2.59 bits per heavy atom. The lowest BCUT2D eigenvalue weighted by atomic mass is 10.2. The molecular weight excluding hydrogens is 236 g/mol. The zero-order valence-electron chi connectivity index (χ0n) is 9.94. The summed E-state index contributed by atoms with van der Waals surface area (Å²) in [6, 6.07) is 5.26. The van der Waals surface area contributed by atoms with E-state index in [1.165, 1.54) is 0 Å². The third-order valence-electron chi connectivity index (χ3n) is 3.25. The molecule has 0 spiro atoms. The molecule has 0 atom stereocenters. The van der Waals surface area contributed by atoms with Gasteiger partial charge in [0.2, 0.25) is 10.0 Å². The van der Waals surface area contributed by atoms with E-state index in [-0.39, 0.29) is 5.25 Å². The van der Waals surface area contributed by atoms with Crippen LogP contribution in [0, 0.1) is 6.92 Å². The summed E-state index contributed by atoms with van der Waals surface area (Å²) in [6.07, 6.45) is 3.52. The molecule has 0 aliphatic heterocycles. The van der Waals surface area contributed by atoms with Crippen molar-refractivity contribution >= 4 is 21.4 Å². The van der Waals surface area contributed by atoms with Gasteiger partial charge in [-0.2, -0.15) is 0 Å². The molecule has 5 heteroatoms. The SMILES string of the molecule is Cc1ccc(N)cc1NS(=O)(=O)C1CCCC1. The minimum Gasteiger partial charge on any atom is -0.399 e. The van der Waals surface area contributed by atoms with Crippen molar-refractivity contribution in [2.45, 2.75) is 37.9 Å². The maximum atomic E-state index is 12.1. The van der Waals surface area contributed by atoms with E-state index in [9.17, 15) is 8.42 Å². The van der Waals surface area contributed by atoms with Gasteiger partial charge in [-0.1, -0.05) is 18.9 Å². The molecule has 0 aromatic heterocycles. The van der Waals surface area contributed by atoms with Gasteiger partial charge in [0.1, 0.15) is 0 Å². The van der Waals surface area contributed by atoms with Gasteiger partial charge >= 0.3 is 0 Å². The summed E-state index contributed by atoms with van der Waals surface area (Å²) in [5, 5.41) is -0.247. The lowest BCUT2D eigenvalue weighted by Gasteiger charge is -2.15. The molecule has 0 bridgehead atoms. The monoisotopic (exact) mass is 254 g/mol. The van der Waals surface area contributed by atoms with E-state index in [1.807, 2.05) is 13.0 Å². The molecule has 94 valence electrons. The van der Waals surface area contributed by atoms with Gasteiger partial charge in [0.25, 0.3) is 0 Å². The van der Waals surface area contributed by atoms with Crippen LogP contribution < -0.4 is 10.5 Å². The number of sulfonamides is 1. The molecule has 3 N–H and O–H groups in total. The van der Waals surface area contributed by atoms with Crippen LogP contribution in [0.2, 0.25) is 0 Å². The molecule has 1 aromatic carbocycles. The minimum absolute atomic E-state index is 0.247. The van der Waals surface area contributed by atoms with Crippen molar-refractivity contribution < 1.29 is 8.42 Å². The summed E-state index contributed by atoms with van der Waals surface area (Å²) in [4.78, 5) is 0. The van der Waals surface area contributed by atoms with Gasteiger partial charge in [-0.3, -0.25) is 4.72 Å². The standard InChI is InChI=1S/C12H18N2O2S/c1-9-6-7-10(13)8-12(9)14-17(15,16)11-4-2-3-5-11/h6-8,11,14H,2-5,13H2,1H3. The molecule has 0 saturated heterocycles. The number of rotatable bonds is 3. The number of nitrogens with one attached hydrogen (secondary N) is 1. The third kappa shape index (κ3) is 2.72. The van der Waals surface area contributed by atoms with Gasteiger partial charge in [-0.05, 0) is 37.5 Å². The van der Waals surface area contributed by atoms with Crippen LogP contribution in [-0.2, 0) is 10.0 Å². The average molecular weight is 254 g/mol. The third-order valence-corrected chi connectivity index (χ3v) is 5.11. The molecule has 1 aliphatic carbocycles. The van der Waals surface area contributed by atoms with Crippen LogP contribution in [0.5, 0.6) is 0 Å². The lowest BCUT2D eigenvalue weighted by molar-refractivity contribution is 0.585. The van der Waals surface area contributed by atoms with E-state index < -0.39 is 10.0 Å². The van der Waals surface area contributed by atoms with Crippen LogP contribution in [0.25, 0.3) is 0 Å². The van der Waals surface area contributed by atoms with Crippen LogP contribution in [-0.4, -0.2) is 13.7 Å². The zero-order valence-corrected chi connectivity index (χ0v) is 10.8. The van der Waals surface area contributed by atoms with Crippen LogP contribution in [0.1, 0.15) is 31.2 Å². The van der Waals surface area contributed by atoms with Crippen molar-refractivity contribution in [2.75, 3.05) is 10.5 Å². The normalized spacial score (nSPS) is 17.2. The Balaban J connectivity index is 2.22. The first kappa shape index (κ1) is 12.2. The van der Waals surface area contributed by atoms with Crippen molar-refractivity contribution in [1.29, 1.82) is 0 Å². The molecule has 0 radical (unpaired) electrons. The molecule has 1 aliphatic rings. The van der Waals surface area contributed by atoms with Gasteiger partial charge in [-0.15, -0.1) is 0 Å². The molecule has 1 saturated carbocycles. The zero-order chi connectivity index (χ0) is 12.5. The van der Waals surface area contributed by atoms with E-state index in [4.69, 9.17) is 5.73 Å². The molecule has 0 unspecified atom stereocenters. The van der Waals surface area contributed by atoms with Crippen molar-refractivity contribution in [3.05, 3.63) is 23.8 Å². The summed E-state index contributed by atoms with van der Waals surface area (Å²) < 4.78 is 26.9. The number of anilines is 2. The summed E-state index contributed by atoms with van der Waals surface area (Å²) >= 11 is 0. The Bertz CT molecular complexity index is 505. The van der Waals surface area contributed by atoms with Gasteiger partial charge in [0.05, 0.1) is 10.9 Å². The quantitative estimate of drug-likeness (QED) is 0.813. The first-order valence-electron chi connectivity index (χ1n) is 5.87. The van der Waals surface area contributed by atoms with E-state index in [2.05, 4.69) is 4.72 Å². The number of aryl methyl sites for hydroxylation is 1. The second-order valence-electron chi connectivity index (χ2n) is 4.63. The summed E-state index contributed by atoms with van der Waals surface area (Å²) in [5.41, 5.74) is 7.72. The fourth-order valence-corrected chi connectivity index (χ4v) is 3.83. The van der Waals surface area contributed by atoms with Crippen molar-refractivity contribution in [1.82, 2.24) is 0 Å². The van der Waals surface area contributed by atoms with E-state index in [0.717, 1.165) is 31.2 Å². The molecular formula is C12H18N2O2S. The smallest absolute Gasteiger partial charge is 0.235 e. The van der Waals surface area contributed by atoms with E-state index in [0.29, 0.717) is 11.4 Å². The first-order chi connectivity index (χ1) is 7.99. The highest BCUT2D eigenvalue weighted by molar-refractivity contribution is 7.93. The van der Waals surface area contributed by atoms with E-state index >= 15 is 0 Å². The van der Waals surface area contributed by atoms with Gasteiger partial charge in [0, 0.05) is 5.69 Å². The Labute approximate surface area is 102 Å². The largest absolute Gasteiger partial charge is 0.399 e. The van der Waals surface area contributed by atoms with Crippen LogP contribution in [0.4, 0.5) is 11.4 Å². The number of benzene rings is 1. The van der Waals surface area contributed by atoms with Crippen LogP contribution in [0.15, 0.2) is 18.2 Å². The molecule has 4 nitrogen and oxygen atoms in total. The molecule has 17 heavy (non-hydrogen) atoms. The first-order valence-corrected chi connectivity index (χ1v) is 7.41. The van der Waals surface area contributed by atoms with Gasteiger partial charge < -0.3 is 5.73 Å². The number of hydrogen-bond donors (Lipinski definition) is 2. The summed E-state index contributed by atoms with van der Waals surface area (Å²) in [6.45, 7) is 1.87. The summed E-state index contributed by atoms with van der Waals surface area (Å²) in [5.74, 6) is 0. The highest BCUT2D eigenvalue weighted by Gasteiger charge is 2.28. The predicted molar refractivity (Wildman–Crippen MR) is 70.4 cm³/mol. The fraction of sp³-hybridized carbons (Fsp3) is 0.500. The van der Waals surface area contributed by atoms with Gasteiger partial charge in [-0.25, -0.2) is 8.42 Å². The Hall–Kier alpha value is -1.23. The van der Waals surface area contributed by atoms with Gasteiger partial charge in [0.15, 0.2) is 0 Å². The maximum absolute atomic E-state index is 12.1. The average Bonchev–Trinajstić information content (AvgIpc) is 2.77. The van der Waals surface area contributed by atoms with E-state index in [1.54, 1.807) is 12.1 Å². The Morgan fingerprint density at radius 2 is 1.94 bits per heavy atom. The number of nitrogens with two attached hydrogens (primary N) is 1. The molecule has 1 fully saturated rings. The van der Waals surface area contributed by atoms with Crippen LogP contribution in [0.3, 0.4) is 0 Å². The topological polar surface area (TPSA) is 72.2 Å². The minimum atomic E-state index is -3.26. The molecule has 2 rings (SSSR count). The second kappa shape index (κ2) is 4.56. The van der Waals surface area contributed by atoms with Crippen molar-refractivity contribution in [3.63, 3.8) is 0 Å². The highest BCUT2D eigenvalue weighted by atomic mass is 32.2. The highest BCUT2D eigenvalue weighted by Crippen LogP contribution is 2.27. The summed E-state index contributed by atoms with van der Waals surface area (Å²) in [7, 11) is -3.26. The van der Waals surface area contributed by atoms with Crippen LogP contribution >= 0.6 is 0 Å². The lowest BCUT2D eigenvalue weighted by Crippen LogP contribution is -2.25. The molecule has 0 heterocycles. The molecule has 1 aromatic rings. The second-order valence-corrected chi connectivity index (χ2v) is 6.59. The predicted octanol–water partition coefficient (Wildman–Crippen LogP) is 2.26. The van der Waals surface area contributed by atoms with Crippen molar-refractivity contribution in [3.8, 4) is 0 Å². The Kier molecular flexibility index (Phi) is 3.28. The number of hydrogen-bond acceptors (Lipinski definition) is 3. The maximum Gasteiger partial charge on any atom is 0.235 e. The Morgan fingerprint density at radius 1 is 1.29 bits per heavy atom. The number of nitrogen functional groups attached to an aromatic ring is 1.